The molecule has 10 heteroatoms. The Kier molecular flexibility index (Phi) is 4.76. The largest absolute Gasteiger partial charge is 0.462 e. The summed E-state index contributed by atoms with van der Waals surface area (Å²) in [7, 11) is 0. The molecule has 0 unspecified atom stereocenters. The Balaban J connectivity index is 2.18. The van der Waals surface area contributed by atoms with Crippen molar-refractivity contribution in [2.24, 2.45) is 0 Å². The quantitative estimate of drug-likeness (QED) is 0.549. The molecule has 1 aromatic rings. The van der Waals surface area contributed by atoms with E-state index in [2.05, 4.69) is 0 Å². The zero-order chi connectivity index (χ0) is 15.6. The normalized spacial score (nSPS) is 25.0. The van der Waals surface area contributed by atoms with Gasteiger partial charge < -0.3 is 14.6 Å². The average molecular weight is 323 g/mol. The topological polar surface area (TPSA) is 111 Å². The monoisotopic (exact) mass is 322 g/mol. The second kappa shape index (κ2) is 6.37. The molecule has 2 N–H and O–H groups in total. The van der Waals surface area contributed by atoms with E-state index in [9.17, 15) is 23.9 Å². The van der Waals surface area contributed by atoms with Gasteiger partial charge in [0.15, 0.2) is 6.10 Å². The molecule has 2 heterocycles. The zero-order valence-electron chi connectivity index (χ0n) is 10.6. The van der Waals surface area contributed by atoms with Crippen LogP contribution in [0.15, 0.2) is 15.8 Å². The summed E-state index contributed by atoms with van der Waals surface area (Å²) in [4.78, 5) is 35.9. The first-order chi connectivity index (χ1) is 9.93. The van der Waals surface area contributed by atoms with Crippen molar-refractivity contribution in [3.05, 3.63) is 32.9 Å². The molecule has 1 saturated heterocycles. The molecular weight excluding hydrogens is 311 g/mol. The lowest BCUT2D eigenvalue weighted by Gasteiger charge is -2.14. The second-order valence-electron chi connectivity index (χ2n) is 4.31. The molecule has 0 spiro atoms. The van der Waals surface area contributed by atoms with E-state index in [4.69, 9.17) is 21.1 Å². The van der Waals surface area contributed by atoms with Gasteiger partial charge >= 0.3 is 11.7 Å². The number of halogens is 2. The maximum Gasteiger partial charge on any atom is 0.338 e. The van der Waals surface area contributed by atoms with E-state index in [1.807, 2.05) is 0 Å². The van der Waals surface area contributed by atoms with Crippen molar-refractivity contribution in [1.82, 2.24) is 9.55 Å². The van der Waals surface area contributed by atoms with Crippen LogP contribution in [0.4, 0.5) is 4.39 Å². The highest BCUT2D eigenvalue weighted by atomic mass is 35.5. The second-order valence-corrected chi connectivity index (χ2v) is 4.69. The minimum Gasteiger partial charge on any atom is -0.462 e. The van der Waals surface area contributed by atoms with Gasteiger partial charge in [0, 0.05) is 6.42 Å². The highest BCUT2D eigenvalue weighted by Crippen LogP contribution is 2.28. The number of alkyl halides is 1. The van der Waals surface area contributed by atoms with Gasteiger partial charge in [-0.15, -0.1) is 11.6 Å². The van der Waals surface area contributed by atoms with Crippen LogP contribution in [0, 0.1) is 5.82 Å². The van der Waals surface area contributed by atoms with Crippen LogP contribution in [-0.4, -0.2) is 45.3 Å². The number of ether oxygens (including phenoxy) is 2. The van der Waals surface area contributed by atoms with Crippen LogP contribution in [0.5, 0.6) is 0 Å². The highest BCUT2D eigenvalue weighted by molar-refractivity contribution is 6.18. The Morgan fingerprint density at radius 1 is 1.62 bits per heavy atom. The van der Waals surface area contributed by atoms with E-state index < -0.39 is 41.5 Å². The molecule has 8 nitrogen and oxygen atoms in total. The molecule has 0 bridgehead atoms. The molecule has 1 aromatic heterocycles. The van der Waals surface area contributed by atoms with Gasteiger partial charge in [0.2, 0.25) is 5.82 Å². The van der Waals surface area contributed by atoms with Crippen molar-refractivity contribution < 1.29 is 23.8 Å². The van der Waals surface area contributed by atoms with Gasteiger partial charge in [-0.1, -0.05) is 0 Å². The number of aliphatic hydroxyl groups is 1. The third-order valence-corrected chi connectivity index (χ3v) is 3.04. The lowest BCUT2D eigenvalue weighted by atomic mass is 10.2. The minimum absolute atomic E-state index is 0.0507. The molecule has 0 aromatic carbocycles. The van der Waals surface area contributed by atoms with E-state index in [1.54, 1.807) is 4.98 Å². The van der Waals surface area contributed by atoms with E-state index in [0.717, 1.165) is 4.57 Å². The summed E-state index contributed by atoms with van der Waals surface area (Å²) in [6.45, 7) is -0.0507. The fourth-order valence-electron chi connectivity index (χ4n) is 1.93. The van der Waals surface area contributed by atoms with Crippen LogP contribution in [-0.2, 0) is 14.3 Å². The Morgan fingerprint density at radius 3 is 3.00 bits per heavy atom. The predicted octanol–water partition coefficient (Wildman–Crippen LogP) is -0.894. The summed E-state index contributed by atoms with van der Waals surface area (Å²) in [5.74, 6) is -1.92. The van der Waals surface area contributed by atoms with E-state index in [0.29, 0.717) is 6.20 Å². The highest BCUT2D eigenvalue weighted by Gasteiger charge is 2.41. The van der Waals surface area contributed by atoms with Gasteiger partial charge in [-0.25, -0.2) is 9.59 Å². The van der Waals surface area contributed by atoms with Crippen LogP contribution in [0.3, 0.4) is 0 Å². The minimum atomic E-state index is -1.31. The molecule has 21 heavy (non-hydrogen) atoms. The molecule has 0 amide bonds. The van der Waals surface area contributed by atoms with Crippen molar-refractivity contribution in [2.75, 3.05) is 12.5 Å². The zero-order valence-corrected chi connectivity index (χ0v) is 11.4. The predicted molar refractivity (Wildman–Crippen MR) is 67.5 cm³/mol. The standard InChI is InChI=1S/C11H12ClFN2O6/c12-1-2-20-10(18)8-6(16)3-7(21-8)15-4-5(13)9(17)14-11(15)19/h4,6-8,16H,1-3H2,(H,14,17,19)/t6-,7-,8+/m0/s1. The molecule has 1 aliphatic heterocycles. The van der Waals surface area contributed by atoms with Crippen LogP contribution >= 0.6 is 11.6 Å². The maximum absolute atomic E-state index is 13.2. The van der Waals surface area contributed by atoms with Crippen molar-refractivity contribution >= 4 is 17.6 Å². The number of hydrogen-bond donors (Lipinski definition) is 2. The number of nitrogens with zero attached hydrogens (tertiary/aromatic N) is 1. The Morgan fingerprint density at radius 2 is 2.33 bits per heavy atom. The molecule has 0 saturated carbocycles. The van der Waals surface area contributed by atoms with Crippen LogP contribution in [0.25, 0.3) is 0 Å². The molecule has 2 rings (SSSR count). The summed E-state index contributed by atoms with van der Waals surface area (Å²) in [6, 6.07) is 0. The number of carbonyl (C=O) groups is 1. The van der Waals surface area contributed by atoms with Crippen LogP contribution < -0.4 is 11.2 Å². The number of carbonyl (C=O) groups excluding carboxylic acids is 1. The first-order valence-electron chi connectivity index (χ1n) is 6.01. The van der Waals surface area contributed by atoms with Gasteiger partial charge in [-0.05, 0) is 0 Å². The molecule has 0 aliphatic carbocycles. The first-order valence-corrected chi connectivity index (χ1v) is 6.54. The number of H-pyrrole nitrogens is 1. The Bertz CT molecular complexity index is 644. The number of rotatable bonds is 4. The van der Waals surface area contributed by atoms with E-state index in [-0.39, 0.29) is 18.9 Å². The van der Waals surface area contributed by atoms with Crippen molar-refractivity contribution in [3.63, 3.8) is 0 Å². The van der Waals surface area contributed by atoms with Gasteiger partial charge in [0.05, 0.1) is 18.2 Å². The number of hydrogen-bond acceptors (Lipinski definition) is 6. The van der Waals surface area contributed by atoms with E-state index >= 15 is 0 Å². The summed E-state index contributed by atoms with van der Waals surface area (Å²) in [5, 5.41) is 9.77. The number of aromatic amines is 1. The SMILES string of the molecule is O=C(OCCCl)[C@@H]1O[C@H](n2cc(F)c(=O)[nH]c2=O)C[C@@H]1O. The Labute approximate surface area is 122 Å². The summed E-state index contributed by atoms with van der Waals surface area (Å²) in [6.07, 6.45) is -3.09. The van der Waals surface area contributed by atoms with Crippen molar-refractivity contribution in [2.45, 2.75) is 24.9 Å². The van der Waals surface area contributed by atoms with Crippen molar-refractivity contribution in [1.29, 1.82) is 0 Å². The fraction of sp³-hybridized carbons (Fsp3) is 0.545. The maximum atomic E-state index is 13.2. The van der Waals surface area contributed by atoms with Crippen LogP contribution in [0.2, 0.25) is 0 Å². The molecule has 1 aliphatic rings. The van der Waals surface area contributed by atoms with Crippen LogP contribution in [0.1, 0.15) is 12.6 Å². The Hall–Kier alpha value is -1.71. The fourth-order valence-corrected chi connectivity index (χ4v) is 2.01. The lowest BCUT2D eigenvalue weighted by molar-refractivity contribution is -0.161. The third kappa shape index (κ3) is 3.31. The molecule has 0 radical (unpaired) electrons. The summed E-state index contributed by atoms with van der Waals surface area (Å²) < 4.78 is 23.9. The number of nitrogens with one attached hydrogen (secondary N) is 1. The average Bonchev–Trinajstić information content (AvgIpc) is 2.82. The van der Waals surface area contributed by atoms with Gasteiger partial charge in [-0.3, -0.25) is 14.3 Å². The van der Waals surface area contributed by atoms with E-state index in [1.165, 1.54) is 0 Å². The summed E-state index contributed by atoms with van der Waals surface area (Å²) in [5.41, 5.74) is -2.07. The lowest BCUT2D eigenvalue weighted by Crippen LogP contribution is -2.35. The molecule has 1 fully saturated rings. The number of aliphatic hydroxyl groups excluding tert-OH is 1. The molecule has 116 valence electrons. The first kappa shape index (κ1) is 15.7. The van der Waals surface area contributed by atoms with Gasteiger partial charge in [0.1, 0.15) is 12.8 Å². The smallest absolute Gasteiger partial charge is 0.338 e. The number of esters is 1. The van der Waals surface area contributed by atoms with Gasteiger partial charge in [-0.2, -0.15) is 4.39 Å². The molecular formula is C11H12ClFN2O6. The molecule has 3 atom stereocenters. The number of aromatic nitrogens is 2. The van der Waals surface area contributed by atoms with Crippen molar-refractivity contribution in [3.8, 4) is 0 Å². The third-order valence-electron chi connectivity index (χ3n) is 2.88. The summed E-state index contributed by atoms with van der Waals surface area (Å²) >= 11 is 5.36. The van der Waals surface area contributed by atoms with Gasteiger partial charge in [0.25, 0.3) is 5.56 Å².